The zero-order valence-electron chi connectivity index (χ0n) is 8.67. The number of ether oxygens (including phenoxy) is 1. The summed E-state index contributed by atoms with van der Waals surface area (Å²) in [7, 11) is 1.47. The minimum absolute atomic E-state index is 0.0544. The SMILES string of the molecule is COC(=O)[C@H]1CNCC[C@@H]1C(C)C. The maximum atomic E-state index is 11.4. The maximum Gasteiger partial charge on any atom is 0.310 e. The molecule has 1 saturated heterocycles. The van der Waals surface area contributed by atoms with Gasteiger partial charge in [0.05, 0.1) is 13.0 Å². The second kappa shape index (κ2) is 4.61. The zero-order valence-corrected chi connectivity index (χ0v) is 8.67. The van der Waals surface area contributed by atoms with Crippen LogP contribution in [0.1, 0.15) is 20.3 Å². The van der Waals surface area contributed by atoms with Crippen LogP contribution >= 0.6 is 0 Å². The Morgan fingerprint density at radius 3 is 2.77 bits per heavy atom. The van der Waals surface area contributed by atoms with Gasteiger partial charge in [0.2, 0.25) is 0 Å². The van der Waals surface area contributed by atoms with Crippen LogP contribution < -0.4 is 5.32 Å². The van der Waals surface area contributed by atoms with Crippen molar-refractivity contribution >= 4 is 5.97 Å². The van der Waals surface area contributed by atoms with Gasteiger partial charge in [-0.15, -0.1) is 0 Å². The minimum atomic E-state index is -0.0640. The number of methoxy groups -OCH3 is 1. The highest BCUT2D eigenvalue weighted by atomic mass is 16.5. The Labute approximate surface area is 79.8 Å². The van der Waals surface area contributed by atoms with E-state index < -0.39 is 0 Å². The lowest BCUT2D eigenvalue weighted by Crippen LogP contribution is -2.43. The fraction of sp³-hybridized carbons (Fsp3) is 0.900. The van der Waals surface area contributed by atoms with Gasteiger partial charge in [-0.1, -0.05) is 13.8 Å². The Kier molecular flexibility index (Phi) is 3.72. The number of esters is 1. The first-order valence-electron chi connectivity index (χ1n) is 4.95. The van der Waals surface area contributed by atoms with Crippen LogP contribution in [0.2, 0.25) is 0 Å². The lowest BCUT2D eigenvalue weighted by Gasteiger charge is -2.32. The van der Waals surface area contributed by atoms with Gasteiger partial charge in [-0.2, -0.15) is 0 Å². The quantitative estimate of drug-likeness (QED) is 0.653. The van der Waals surface area contributed by atoms with Crippen molar-refractivity contribution in [2.75, 3.05) is 20.2 Å². The van der Waals surface area contributed by atoms with Crippen LogP contribution in [0.25, 0.3) is 0 Å². The third kappa shape index (κ3) is 2.44. The summed E-state index contributed by atoms with van der Waals surface area (Å²) in [5.74, 6) is 1.03. The summed E-state index contributed by atoms with van der Waals surface area (Å²) in [4.78, 5) is 11.4. The molecule has 0 aliphatic carbocycles. The molecule has 0 aromatic rings. The predicted octanol–water partition coefficient (Wildman–Crippen LogP) is 1.04. The Hall–Kier alpha value is -0.570. The van der Waals surface area contributed by atoms with Crippen LogP contribution in [0.15, 0.2) is 0 Å². The smallest absolute Gasteiger partial charge is 0.310 e. The fourth-order valence-electron chi connectivity index (χ4n) is 2.09. The molecule has 76 valence electrons. The molecule has 13 heavy (non-hydrogen) atoms. The molecule has 1 N–H and O–H groups in total. The van der Waals surface area contributed by atoms with Crippen molar-refractivity contribution in [2.24, 2.45) is 17.8 Å². The van der Waals surface area contributed by atoms with Gasteiger partial charge in [-0.3, -0.25) is 4.79 Å². The van der Waals surface area contributed by atoms with Gasteiger partial charge in [0.15, 0.2) is 0 Å². The van der Waals surface area contributed by atoms with E-state index >= 15 is 0 Å². The predicted molar refractivity (Wildman–Crippen MR) is 51.3 cm³/mol. The Bertz CT molecular complexity index is 180. The highest BCUT2D eigenvalue weighted by molar-refractivity contribution is 5.73. The molecule has 2 atom stereocenters. The molecule has 0 radical (unpaired) electrons. The first-order chi connectivity index (χ1) is 6.16. The Balaban J connectivity index is 2.61. The first-order valence-corrected chi connectivity index (χ1v) is 4.95. The standard InChI is InChI=1S/C10H19NO2/c1-7(2)8-4-5-11-6-9(8)10(12)13-3/h7-9,11H,4-6H2,1-3H3/t8-,9+/m1/s1. The molecule has 1 rings (SSSR count). The van der Waals surface area contributed by atoms with Gasteiger partial charge in [0, 0.05) is 6.54 Å². The third-order valence-corrected chi connectivity index (χ3v) is 2.90. The summed E-state index contributed by atoms with van der Waals surface area (Å²) in [5.41, 5.74) is 0. The van der Waals surface area contributed by atoms with Crippen LogP contribution in [0, 0.1) is 17.8 Å². The van der Waals surface area contributed by atoms with E-state index in [0.29, 0.717) is 11.8 Å². The normalized spacial score (nSPS) is 28.9. The molecule has 0 bridgehead atoms. The number of carbonyl (C=O) groups excluding carboxylic acids is 1. The van der Waals surface area contributed by atoms with Gasteiger partial charge >= 0.3 is 5.97 Å². The van der Waals surface area contributed by atoms with Gasteiger partial charge in [0.25, 0.3) is 0 Å². The van der Waals surface area contributed by atoms with Crippen molar-refractivity contribution in [3.8, 4) is 0 Å². The number of nitrogens with one attached hydrogen (secondary N) is 1. The molecule has 0 amide bonds. The monoisotopic (exact) mass is 185 g/mol. The van der Waals surface area contributed by atoms with E-state index in [1.54, 1.807) is 0 Å². The molecule has 1 aliphatic rings. The summed E-state index contributed by atoms with van der Waals surface area (Å²) in [6.45, 7) is 6.14. The van der Waals surface area contributed by atoms with Crippen molar-refractivity contribution in [3.63, 3.8) is 0 Å². The average Bonchev–Trinajstić information content (AvgIpc) is 2.16. The van der Waals surface area contributed by atoms with Crippen LogP contribution in [0.3, 0.4) is 0 Å². The molecule has 1 fully saturated rings. The van der Waals surface area contributed by atoms with E-state index in [4.69, 9.17) is 4.74 Å². The second-order valence-electron chi connectivity index (χ2n) is 4.03. The second-order valence-corrected chi connectivity index (χ2v) is 4.03. The Morgan fingerprint density at radius 1 is 1.54 bits per heavy atom. The number of hydrogen-bond donors (Lipinski definition) is 1. The molecule has 0 aromatic heterocycles. The van der Waals surface area contributed by atoms with Crippen LogP contribution in [0.5, 0.6) is 0 Å². The van der Waals surface area contributed by atoms with Crippen molar-refractivity contribution in [2.45, 2.75) is 20.3 Å². The average molecular weight is 185 g/mol. The first kappa shape index (κ1) is 10.5. The summed E-state index contributed by atoms with van der Waals surface area (Å²) in [5, 5.41) is 3.23. The maximum absolute atomic E-state index is 11.4. The lowest BCUT2D eigenvalue weighted by atomic mass is 9.79. The highest BCUT2D eigenvalue weighted by Crippen LogP contribution is 2.27. The molecule has 0 spiro atoms. The molecule has 1 heterocycles. The molecule has 3 heteroatoms. The zero-order chi connectivity index (χ0) is 9.84. The lowest BCUT2D eigenvalue weighted by molar-refractivity contribution is -0.148. The van der Waals surface area contributed by atoms with E-state index in [-0.39, 0.29) is 11.9 Å². The molecule has 3 nitrogen and oxygen atoms in total. The van der Waals surface area contributed by atoms with Crippen LogP contribution in [0.4, 0.5) is 0 Å². The molecule has 0 aromatic carbocycles. The molecule has 0 saturated carbocycles. The van der Waals surface area contributed by atoms with Crippen molar-refractivity contribution in [3.05, 3.63) is 0 Å². The van der Waals surface area contributed by atoms with E-state index in [1.807, 2.05) is 0 Å². The minimum Gasteiger partial charge on any atom is -0.469 e. The van der Waals surface area contributed by atoms with Gasteiger partial charge in [-0.25, -0.2) is 0 Å². The summed E-state index contributed by atoms with van der Waals surface area (Å²) < 4.78 is 4.79. The van der Waals surface area contributed by atoms with Crippen LogP contribution in [-0.4, -0.2) is 26.2 Å². The third-order valence-electron chi connectivity index (χ3n) is 2.90. The number of hydrogen-bond acceptors (Lipinski definition) is 3. The van der Waals surface area contributed by atoms with E-state index in [9.17, 15) is 4.79 Å². The fourth-order valence-corrected chi connectivity index (χ4v) is 2.09. The van der Waals surface area contributed by atoms with E-state index in [2.05, 4.69) is 19.2 Å². The van der Waals surface area contributed by atoms with Gasteiger partial charge in [-0.05, 0) is 24.8 Å². The largest absolute Gasteiger partial charge is 0.469 e. The number of carbonyl (C=O) groups is 1. The molecule has 0 unspecified atom stereocenters. The van der Waals surface area contributed by atoms with Gasteiger partial charge in [0.1, 0.15) is 0 Å². The summed E-state index contributed by atoms with van der Waals surface area (Å²) in [6, 6.07) is 0. The number of rotatable bonds is 2. The molecule has 1 aliphatic heterocycles. The summed E-state index contributed by atoms with van der Waals surface area (Å²) >= 11 is 0. The summed E-state index contributed by atoms with van der Waals surface area (Å²) in [6.07, 6.45) is 1.08. The Morgan fingerprint density at radius 2 is 2.23 bits per heavy atom. The van der Waals surface area contributed by atoms with Crippen molar-refractivity contribution < 1.29 is 9.53 Å². The topological polar surface area (TPSA) is 38.3 Å². The number of piperidine rings is 1. The highest BCUT2D eigenvalue weighted by Gasteiger charge is 2.33. The van der Waals surface area contributed by atoms with Crippen molar-refractivity contribution in [1.82, 2.24) is 5.32 Å². The van der Waals surface area contributed by atoms with Gasteiger partial charge < -0.3 is 10.1 Å². The van der Waals surface area contributed by atoms with Crippen molar-refractivity contribution in [1.29, 1.82) is 0 Å². The van der Waals surface area contributed by atoms with E-state index in [1.165, 1.54) is 7.11 Å². The van der Waals surface area contributed by atoms with Crippen LogP contribution in [-0.2, 0) is 9.53 Å². The van der Waals surface area contributed by atoms with E-state index in [0.717, 1.165) is 19.5 Å². The molecular formula is C10H19NO2. The molecular weight excluding hydrogens is 166 g/mol.